The van der Waals surface area contributed by atoms with Crippen molar-refractivity contribution in [2.45, 2.75) is 25.9 Å². The van der Waals surface area contributed by atoms with Crippen LogP contribution in [0.15, 0.2) is 23.4 Å². The number of rotatable bonds is 3. The number of hydrogen-bond acceptors (Lipinski definition) is 4. The topological polar surface area (TPSA) is 43.6 Å². The van der Waals surface area contributed by atoms with E-state index in [-0.39, 0.29) is 0 Å². The summed E-state index contributed by atoms with van der Waals surface area (Å²) in [5.41, 5.74) is 3.55. The zero-order valence-electron chi connectivity index (χ0n) is 9.64. The van der Waals surface area contributed by atoms with Gasteiger partial charge in [-0.2, -0.15) is 4.68 Å². The van der Waals surface area contributed by atoms with Crippen molar-refractivity contribution in [2.24, 2.45) is 0 Å². The molecule has 0 bridgehead atoms. The molecule has 1 aromatic carbocycles. The Kier molecular flexibility index (Phi) is 3.24. The van der Waals surface area contributed by atoms with Gasteiger partial charge in [0.15, 0.2) is 0 Å². The molecule has 0 unspecified atom stereocenters. The first kappa shape index (κ1) is 11.1. The molecule has 5 heteroatoms. The summed E-state index contributed by atoms with van der Waals surface area (Å²) in [6.45, 7) is 6.28. The average molecular weight is 234 g/mol. The minimum atomic E-state index is 0.839. The SMILES string of the molecule is CCSc1nnnn1-c1ccc(C)c(C)c1. The van der Waals surface area contributed by atoms with Crippen molar-refractivity contribution >= 4 is 11.8 Å². The Morgan fingerprint density at radius 1 is 1.25 bits per heavy atom. The quantitative estimate of drug-likeness (QED) is 0.765. The Balaban J connectivity index is 2.42. The fraction of sp³-hybridized carbons (Fsp3) is 0.364. The molecule has 0 N–H and O–H groups in total. The van der Waals surface area contributed by atoms with E-state index in [1.54, 1.807) is 16.4 Å². The fourth-order valence-electron chi connectivity index (χ4n) is 1.42. The third kappa shape index (κ3) is 2.09. The fourth-order valence-corrected chi connectivity index (χ4v) is 2.03. The van der Waals surface area contributed by atoms with Gasteiger partial charge in [0.2, 0.25) is 5.16 Å². The highest BCUT2D eigenvalue weighted by atomic mass is 32.2. The minimum absolute atomic E-state index is 0.839. The molecule has 0 fully saturated rings. The molecular formula is C11H14N4S. The molecule has 0 amide bonds. The van der Waals surface area contributed by atoms with E-state index in [9.17, 15) is 0 Å². The number of aryl methyl sites for hydroxylation is 2. The van der Waals surface area contributed by atoms with Gasteiger partial charge in [0, 0.05) is 0 Å². The lowest BCUT2D eigenvalue weighted by molar-refractivity contribution is 0.755. The van der Waals surface area contributed by atoms with Gasteiger partial charge >= 0.3 is 0 Å². The van der Waals surface area contributed by atoms with Gasteiger partial charge < -0.3 is 0 Å². The number of thioether (sulfide) groups is 1. The van der Waals surface area contributed by atoms with Gasteiger partial charge in [0.25, 0.3) is 0 Å². The van der Waals surface area contributed by atoms with E-state index in [0.29, 0.717) is 0 Å². The first-order valence-electron chi connectivity index (χ1n) is 5.21. The normalized spacial score (nSPS) is 10.7. The van der Waals surface area contributed by atoms with Crippen LogP contribution in [0, 0.1) is 13.8 Å². The molecular weight excluding hydrogens is 220 g/mol. The number of aromatic nitrogens is 4. The van der Waals surface area contributed by atoms with Gasteiger partial charge in [-0.3, -0.25) is 0 Å². The molecule has 2 aromatic rings. The second-order valence-electron chi connectivity index (χ2n) is 3.57. The van der Waals surface area contributed by atoms with Gasteiger partial charge in [0.05, 0.1) is 5.69 Å². The second-order valence-corrected chi connectivity index (χ2v) is 4.81. The van der Waals surface area contributed by atoms with Gasteiger partial charge in [-0.15, -0.1) is 5.10 Å². The molecule has 0 saturated heterocycles. The van der Waals surface area contributed by atoms with Gasteiger partial charge in [-0.05, 0) is 53.3 Å². The van der Waals surface area contributed by atoms with E-state index in [2.05, 4.69) is 48.4 Å². The van der Waals surface area contributed by atoms with E-state index in [1.165, 1.54) is 11.1 Å². The second kappa shape index (κ2) is 4.65. The average Bonchev–Trinajstić information content (AvgIpc) is 2.71. The lowest BCUT2D eigenvalue weighted by Crippen LogP contribution is -2.00. The van der Waals surface area contributed by atoms with Crippen LogP contribution in [-0.4, -0.2) is 26.0 Å². The summed E-state index contributed by atoms with van der Waals surface area (Å²) < 4.78 is 1.78. The molecule has 4 nitrogen and oxygen atoms in total. The number of tetrazole rings is 1. The smallest absolute Gasteiger partial charge is 0.188 e. The maximum Gasteiger partial charge on any atom is 0.214 e. The van der Waals surface area contributed by atoms with Gasteiger partial charge in [-0.25, -0.2) is 0 Å². The summed E-state index contributed by atoms with van der Waals surface area (Å²) in [7, 11) is 0. The monoisotopic (exact) mass is 234 g/mol. The summed E-state index contributed by atoms with van der Waals surface area (Å²) in [6, 6.07) is 6.23. The molecule has 0 spiro atoms. The molecule has 0 aliphatic heterocycles. The predicted octanol–water partition coefficient (Wildman–Crippen LogP) is 2.39. The van der Waals surface area contributed by atoms with Crippen LogP contribution in [0.25, 0.3) is 5.69 Å². The highest BCUT2D eigenvalue weighted by Crippen LogP contribution is 2.19. The van der Waals surface area contributed by atoms with Crippen molar-refractivity contribution in [3.05, 3.63) is 29.3 Å². The summed E-state index contributed by atoms with van der Waals surface area (Å²) >= 11 is 1.64. The van der Waals surface area contributed by atoms with Crippen LogP contribution in [0.3, 0.4) is 0 Å². The molecule has 0 radical (unpaired) electrons. The summed E-state index contributed by atoms with van der Waals surface area (Å²) in [4.78, 5) is 0. The molecule has 84 valence electrons. The standard InChI is InChI=1S/C11H14N4S/c1-4-16-11-12-13-14-15(11)10-6-5-8(2)9(3)7-10/h5-7H,4H2,1-3H3. The minimum Gasteiger partial charge on any atom is -0.188 e. The zero-order chi connectivity index (χ0) is 11.5. The Morgan fingerprint density at radius 2 is 2.06 bits per heavy atom. The Morgan fingerprint density at radius 3 is 2.75 bits per heavy atom. The molecule has 0 atom stereocenters. The largest absolute Gasteiger partial charge is 0.214 e. The third-order valence-corrected chi connectivity index (χ3v) is 3.25. The van der Waals surface area contributed by atoms with E-state index in [0.717, 1.165) is 16.6 Å². The van der Waals surface area contributed by atoms with E-state index in [1.807, 2.05) is 6.07 Å². The zero-order valence-corrected chi connectivity index (χ0v) is 10.5. The Labute approximate surface area is 99.1 Å². The number of hydrogen-bond donors (Lipinski definition) is 0. The molecule has 1 aromatic heterocycles. The first-order chi connectivity index (χ1) is 7.72. The highest BCUT2D eigenvalue weighted by Gasteiger charge is 2.08. The van der Waals surface area contributed by atoms with Crippen LogP contribution >= 0.6 is 11.8 Å². The van der Waals surface area contributed by atoms with Gasteiger partial charge in [-0.1, -0.05) is 24.8 Å². The summed E-state index contributed by atoms with van der Waals surface area (Å²) in [6.07, 6.45) is 0. The molecule has 16 heavy (non-hydrogen) atoms. The molecule has 0 saturated carbocycles. The predicted molar refractivity (Wildman–Crippen MR) is 65.0 cm³/mol. The van der Waals surface area contributed by atoms with Crippen LogP contribution in [0.1, 0.15) is 18.1 Å². The summed E-state index contributed by atoms with van der Waals surface area (Å²) in [5.74, 6) is 0.964. The highest BCUT2D eigenvalue weighted by molar-refractivity contribution is 7.99. The van der Waals surface area contributed by atoms with Crippen LogP contribution in [0.2, 0.25) is 0 Å². The van der Waals surface area contributed by atoms with Crippen molar-refractivity contribution in [1.29, 1.82) is 0 Å². The van der Waals surface area contributed by atoms with E-state index in [4.69, 9.17) is 0 Å². The lowest BCUT2D eigenvalue weighted by atomic mass is 10.1. The van der Waals surface area contributed by atoms with Crippen LogP contribution in [0.4, 0.5) is 0 Å². The van der Waals surface area contributed by atoms with Crippen LogP contribution < -0.4 is 0 Å². The maximum atomic E-state index is 4.01. The first-order valence-corrected chi connectivity index (χ1v) is 6.19. The van der Waals surface area contributed by atoms with Crippen molar-refractivity contribution in [2.75, 3.05) is 5.75 Å². The summed E-state index contributed by atoms with van der Waals surface area (Å²) in [5, 5.41) is 12.6. The van der Waals surface area contributed by atoms with Crippen molar-refractivity contribution < 1.29 is 0 Å². The van der Waals surface area contributed by atoms with Crippen molar-refractivity contribution in [3.63, 3.8) is 0 Å². The number of nitrogens with zero attached hydrogens (tertiary/aromatic N) is 4. The van der Waals surface area contributed by atoms with E-state index >= 15 is 0 Å². The van der Waals surface area contributed by atoms with Crippen LogP contribution in [0.5, 0.6) is 0 Å². The Bertz CT molecular complexity index is 492. The van der Waals surface area contributed by atoms with Crippen molar-refractivity contribution in [3.8, 4) is 5.69 Å². The molecule has 2 rings (SSSR count). The molecule has 0 aliphatic carbocycles. The third-order valence-electron chi connectivity index (χ3n) is 2.45. The van der Waals surface area contributed by atoms with Gasteiger partial charge in [0.1, 0.15) is 0 Å². The maximum absolute atomic E-state index is 4.01. The van der Waals surface area contributed by atoms with Crippen molar-refractivity contribution in [1.82, 2.24) is 20.2 Å². The lowest BCUT2D eigenvalue weighted by Gasteiger charge is -2.06. The Hall–Kier alpha value is -1.36. The van der Waals surface area contributed by atoms with E-state index < -0.39 is 0 Å². The number of benzene rings is 1. The molecule has 1 heterocycles. The molecule has 0 aliphatic rings. The van der Waals surface area contributed by atoms with Crippen LogP contribution in [-0.2, 0) is 0 Å².